The number of ether oxygens (including phenoxy) is 3. The molecule has 6 nitrogen and oxygen atoms in total. The Kier molecular flexibility index (Phi) is 6.95. The predicted octanol–water partition coefficient (Wildman–Crippen LogP) is 3.13. The van der Waals surface area contributed by atoms with Crippen LogP contribution >= 0.6 is 11.3 Å². The first-order valence-corrected chi connectivity index (χ1v) is 10.1. The molecule has 1 aromatic heterocycles. The predicted molar refractivity (Wildman–Crippen MR) is 111 cm³/mol. The van der Waals surface area contributed by atoms with E-state index >= 15 is 0 Å². The van der Waals surface area contributed by atoms with E-state index in [0.29, 0.717) is 17.2 Å². The van der Waals surface area contributed by atoms with Crippen molar-refractivity contribution in [3.8, 4) is 17.2 Å². The van der Waals surface area contributed by atoms with Crippen LogP contribution in [-0.4, -0.2) is 63.2 Å². The fraction of sp³-hybridized carbons (Fsp3) is 0.381. The van der Waals surface area contributed by atoms with Gasteiger partial charge < -0.3 is 19.1 Å². The number of hydrogen-bond donors (Lipinski definition) is 0. The van der Waals surface area contributed by atoms with Gasteiger partial charge in [0.15, 0.2) is 11.5 Å². The SMILES string of the molecule is COc1cc(OC)c(OC)cc1/C=C/C(=O)N1CCN(Cc2ccsc2)CC1. The molecule has 150 valence electrons. The molecule has 1 aromatic carbocycles. The zero-order chi connectivity index (χ0) is 19.9. The Bertz CT molecular complexity index is 812. The van der Waals surface area contributed by atoms with Crippen LogP contribution in [0.25, 0.3) is 6.08 Å². The van der Waals surface area contributed by atoms with E-state index in [0.717, 1.165) is 38.3 Å². The highest BCUT2D eigenvalue weighted by Crippen LogP contribution is 2.35. The topological polar surface area (TPSA) is 51.2 Å². The summed E-state index contributed by atoms with van der Waals surface area (Å²) in [7, 11) is 4.75. The van der Waals surface area contributed by atoms with E-state index in [4.69, 9.17) is 14.2 Å². The van der Waals surface area contributed by atoms with E-state index in [-0.39, 0.29) is 5.91 Å². The first-order chi connectivity index (χ1) is 13.6. The summed E-state index contributed by atoms with van der Waals surface area (Å²) < 4.78 is 16.0. The Balaban J connectivity index is 1.61. The van der Waals surface area contributed by atoms with Crippen LogP contribution in [0, 0.1) is 0 Å². The largest absolute Gasteiger partial charge is 0.496 e. The monoisotopic (exact) mass is 402 g/mol. The normalized spacial score (nSPS) is 15.0. The highest BCUT2D eigenvalue weighted by atomic mass is 32.1. The maximum atomic E-state index is 12.6. The lowest BCUT2D eigenvalue weighted by Gasteiger charge is -2.34. The first kappa shape index (κ1) is 20.2. The summed E-state index contributed by atoms with van der Waals surface area (Å²) in [5.41, 5.74) is 2.11. The third-order valence-corrected chi connectivity index (χ3v) is 5.54. The van der Waals surface area contributed by atoms with Gasteiger partial charge in [-0.25, -0.2) is 0 Å². The van der Waals surface area contributed by atoms with Crippen LogP contribution in [0.2, 0.25) is 0 Å². The molecular formula is C21H26N2O4S. The van der Waals surface area contributed by atoms with Gasteiger partial charge in [-0.1, -0.05) is 0 Å². The van der Waals surface area contributed by atoms with Gasteiger partial charge in [-0.3, -0.25) is 9.69 Å². The molecule has 0 unspecified atom stereocenters. The molecule has 3 rings (SSSR count). The molecule has 2 heterocycles. The lowest BCUT2D eigenvalue weighted by molar-refractivity contribution is -0.127. The van der Waals surface area contributed by atoms with E-state index in [1.165, 1.54) is 5.56 Å². The van der Waals surface area contributed by atoms with E-state index in [2.05, 4.69) is 21.7 Å². The Hall–Kier alpha value is -2.51. The number of carbonyl (C=O) groups excluding carboxylic acids is 1. The molecule has 7 heteroatoms. The quantitative estimate of drug-likeness (QED) is 0.666. The molecule has 1 aliphatic heterocycles. The maximum absolute atomic E-state index is 12.6. The standard InChI is InChI=1S/C21H26N2O4S/c1-25-18-13-20(27-3)19(26-2)12-17(18)4-5-21(24)23-9-7-22(8-10-23)14-16-6-11-28-15-16/h4-6,11-13,15H,7-10,14H2,1-3H3/b5-4+. The van der Waals surface area contributed by atoms with Crippen LogP contribution in [0.1, 0.15) is 11.1 Å². The summed E-state index contributed by atoms with van der Waals surface area (Å²) in [4.78, 5) is 16.9. The fourth-order valence-corrected chi connectivity index (χ4v) is 3.88. The number of nitrogens with zero attached hydrogens (tertiary/aromatic N) is 2. The second-order valence-corrected chi connectivity index (χ2v) is 7.30. The molecule has 0 bridgehead atoms. The van der Waals surface area contributed by atoms with Gasteiger partial charge in [0.25, 0.3) is 0 Å². The van der Waals surface area contributed by atoms with Crippen LogP contribution in [-0.2, 0) is 11.3 Å². The summed E-state index contributed by atoms with van der Waals surface area (Å²) in [6.07, 6.45) is 3.36. The van der Waals surface area contributed by atoms with Gasteiger partial charge in [-0.15, -0.1) is 0 Å². The molecule has 1 saturated heterocycles. The van der Waals surface area contributed by atoms with Gasteiger partial charge in [-0.05, 0) is 34.5 Å². The van der Waals surface area contributed by atoms with Crippen LogP contribution in [0.15, 0.2) is 35.0 Å². The molecule has 1 fully saturated rings. The number of benzene rings is 1. The van der Waals surface area contributed by atoms with Crippen molar-refractivity contribution in [3.05, 3.63) is 46.2 Å². The second-order valence-electron chi connectivity index (χ2n) is 6.52. The summed E-state index contributed by atoms with van der Waals surface area (Å²) in [6.45, 7) is 4.18. The summed E-state index contributed by atoms with van der Waals surface area (Å²) in [5.74, 6) is 1.82. The maximum Gasteiger partial charge on any atom is 0.246 e. The van der Waals surface area contributed by atoms with Crippen molar-refractivity contribution < 1.29 is 19.0 Å². The average molecular weight is 403 g/mol. The minimum absolute atomic E-state index is 0.00650. The van der Waals surface area contributed by atoms with Crippen LogP contribution in [0.5, 0.6) is 17.2 Å². The third-order valence-electron chi connectivity index (χ3n) is 4.81. The Morgan fingerprint density at radius 1 is 1.04 bits per heavy atom. The Morgan fingerprint density at radius 2 is 1.71 bits per heavy atom. The number of rotatable bonds is 7. The summed E-state index contributed by atoms with van der Waals surface area (Å²) >= 11 is 1.72. The van der Waals surface area contributed by atoms with Crippen LogP contribution in [0.3, 0.4) is 0 Å². The summed E-state index contributed by atoms with van der Waals surface area (Å²) in [6, 6.07) is 5.72. The second kappa shape index (κ2) is 9.61. The molecule has 1 aliphatic rings. The van der Waals surface area contributed by atoms with Crippen molar-refractivity contribution in [1.82, 2.24) is 9.80 Å². The van der Waals surface area contributed by atoms with E-state index in [1.54, 1.807) is 57.0 Å². The van der Waals surface area contributed by atoms with Crippen molar-refractivity contribution >= 4 is 23.3 Å². The molecule has 0 radical (unpaired) electrons. The molecule has 1 amide bonds. The van der Waals surface area contributed by atoms with Gasteiger partial charge in [0.1, 0.15) is 5.75 Å². The first-order valence-electron chi connectivity index (χ1n) is 9.15. The highest BCUT2D eigenvalue weighted by Gasteiger charge is 2.20. The van der Waals surface area contributed by atoms with Crippen molar-refractivity contribution in [2.45, 2.75) is 6.54 Å². The number of carbonyl (C=O) groups is 1. The molecule has 0 saturated carbocycles. The van der Waals surface area contributed by atoms with Gasteiger partial charge in [0, 0.05) is 50.4 Å². The van der Waals surface area contributed by atoms with Gasteiger partial charge in [-0.2, -0.15) is 11.3 Å². The van der Waals surface area contributed by atoms with E-state index in [1.807, 2.05) is 4.90 Å². The van der Waals surface area contributed by atoms with Crippen molar-refractivity contribution in [1.29, 1.82) is 0 Å². The highest BCUT2D eigenvalue weighted by molar-refractivity contribution is 7.07. The van der Waals surface area contributed by atoms with E-state index < -0.39 is 0 Å². The third kappa shape index (κ3) is 4.85. The fourth-order valence-electron chi connectivity index (χ4n) is 3.22. The Labute approximate surface area is 169 Å². The van der Waals surface area contributed by atoms with E-state index in [9.17, 15) is 4.79 Å². The molecule has 0 spiro atoms. The number of hydrogen-bond acceptors (Lipinski definition) is 6. The number of thiophene rings is 1. The lowest BCUT2D eigenvalue weighted by Crippen LogP contribution is -2.47. The van der Waals surface area contributed by atoms with Gasteiger partial charge >= 0.3 is 0 Å². The zero-order valence-corrected chi connectivity index (χ0v) is 17.3. The average Bonchev–Trinajstić information content (AvgIpc) is 3.24. The van der Waals surface area contributed by atoms with Crippen molar-refractivity contribution in [2.24, 2.45) is 0 Å². The smallest absolute Gasteiger partial charge is 0.246 e. The van der Waals surface area contributed by atoms with Gasteiger partial charge in [0.2, 0.25) is 5.91 Å². The Morgan fingerprint density at radius 3 is 2.32 bits per heavy atom. The lowest BCUT2D eigenvalue weighted by atomic mass is 10.1. The zero-order valence-electron chi connectivity index (χ0n) is 16.5. The van der Waals surface area contributed by atoms with Crippen LogP contribution < -0.4 is 14.2 Å². The molecule has 2 aromatic rings. The van der Waals surface area contributed by atoms with Crippen molar-refractivity contribution in [3.63, 3.8) is 0 Å². The number of piperazine rings is 1. The molecule has 0 atom stereocenters. The van der Waals surface area contributed by atoms with Crippen molar-refractivity contribution in [2.75, 3.05) is 47.5 Å². The van der Waals surface area contributed by atoms with Crippen LogP contribution in [0.4, 0.5) is 0 Å². The minimum atomic E-state index is 0.00650. The molecular weight excluding hydrogens is 376 g/mol. The molecule has 0 aliphatic carbocycles. The van der Waals surface area contributed by atoms with Gasteiger partial charge in [0.05, 0.1) is 21.3 Å². The number of amides is 1. The molecule has 28 heavy (non-hydrogen) atoms. The molecule has 0 N–H and O–H groups in total. The minimum Gasteiger partial charge on any atom is -0.496 e. The number of methoxy groups -OCH3 is 3. The summed E-state index contributed by atoms with van der Waals surface area (Å²) in [5, 5.41) is 4.28.